The third-order valence-corrected chi connectivity index (χ3v) is 12.5. The van der Waals surface area contributed by atoms with Crippen LogP contribution in [-0.4, -0.2) is 64.0 Å². The van der Waals surface area contributed by atoms with E-state index >= 15 is 4.79 Å². The maximum atomic E-state index is 15.4. The summed E-state index contributed by atoms with van der Waals surface area (Å²) >= 11 is 12.6. The van der Waals surface area contributed by atoms with Gasteiger partial charge in [0.15, 0.2) is 17.3 Å². The Balaban J connectivity index is 1.30. The molecule has 3 aromatic carbocycles. The number of hydrogen-bond acceptors (Lipinski definition) is 10. The number of carboxylic acids is 1. The summed E-state index contributed by atoms with van der Waals surface area (Å²) in [6.07, 6.45) is 0.732. The maximum Gasteiger partial charge on any atom is 0.417 e. The fourth-order valence-corrected chi connectivity index (χ4v) is 9.61. The minimum Gasteiger partial charge on any atom is -0.502 e. The number of phenolic OH excluding ortho intramolecular Hbond substituents is 1. The molecule has 314 valence electrons. The number of hydrazine groups is 1. The van der Waals surface area contributed by atoms with Gasteiger partial charge in [-0.1, -0.05) is 65.2 Å². The Morgan fingerprint density at radius 1 is 0.951 bits per heavy atom. The maximum absolute atomic E-state index is 15.4. The van der Waals surface area contributed by atoms with Crippen LogP contribution in [0, 0.1) is 29.6 Å². The highest BCUT2D eigenvalue weighted by atomic mass is 35.5. The number of hydrogen-bond donors (Lipinski definition) is 3. The fourth-order valence-electron chi connectivity index (χ4n) is 9.28. The number of aromatic carboxylic acids is 1. The highest BCUT2D eigenvalue weighted by Crippen LogP contribution is 2.62. The van der Waals surface area contributed by atoms with E-state index in [4.69, 9.17) is 32.7 Å². The molecule has 3 N–H and O–H groups in total. The normalized spacial score (nSPS) is 24.7. The van der Waals surface area contributed by atoms with Crippen molar-refractivity contribution in [1.29, 1.82) is 0 Å². The average molecular weight is 878 g/mol. The first-order valence-electron chi connectivity index (χ1n) is 18.7. The van der Waals surface area contributed by atoms with Crippen molar-refractivity contribution in [1.82, 2.24) is 9.99 Å². The molecule has 0 radical (unpaired) electrons. The first kappa shape index (κ1) is 41.3. The van der Waals surface area contributed by atoms with Gasteiger partial charge in [0.05, 0.1) is 59.2 Å². The van der Waals surface area contributed by atoms with Crippen molar-refractivity contribution in [3.8, 4) is 17.2 Å². The van der Waals surface area contributed by atoms with E-state index in [9.17, 15) is 42.6 Å². The summed E-state index contributed by atoms with van der Waals surface area (Å²) in [7, 11) is 2.70. The van der Waals surface area contributed by atoms with Crippen LogP contribution in [0.3, 0.4) is 0 Å². The van der Waals surface area contributed by atoms with Gasteiger partial charge in [-0.05, 0) is 78.4 Å². The molecule has 4 aromatic rings. The molecule has 3 fully saturated rings. The van der Waals surface area contributed by atoms with Gasteiger partial charge in [-0.15, -0.1) is 0 Å². The van der Waals surface area contributed by atoms with E-state index in [1.54, 1.807) is 42.5 Å². The van der Waals surface area contributed by atoms with Gasteiger partial charge in [0, 0.05) is 17.1 Å². The number of alkyl halides is 3. The summed E-state index contributed by atoms with van der Waals surface area (Å²) in [6.45, 7) is 0. The zero-order chi connectivity index (χ0) is 43.7. The number of aromatic nitrogens is 1. The van der Waals surface area contributed by atoms with E-state index in [1.807, 2.05) is 0 Å². The monoisotopic (exact) mass is 876 g/mol. The molecule has 2 aliphatic heterocycles. The van der Waals surface area contributed by atoms with Crippen LogP contribution >= 0.6 is 23.2 Å². The summed E-state index contributed by atoms with van der Waals surface area (Å²) in [5.74, 6) is -9.69. The van der Waals surface area contributed by atoms with E-state index < -0.39 is 87.2 Å². The molecule has 4 amide bonds. The SMILES string of the molecule is COc1cc(C=C[C@H]2C3=CC[C@@H]4C(=O)N(c5cccc(C(=O)O)c5)C(=O)[C@@H]4[C@@H]3C[C@H]3C(=O)N(Nc4ncc(C(F)(F)F)cc4Cl)C(=O)[C@@]23c2ccc(Cl)cc2)cc(OC)c1O. The number of halogens is 5. The summed E-state index contributed by atoms with van der Waals surface area (Å²) in [5, 5.41) is 20.8. The number of imide groups is 2. The molecule has 2 aliphatic carbocycles. The number of carbonyl (C=O) groups excluding carboxylic acids is 4. The van der Waals surface area contributed by atoms with Crippen molar-refractivity contribution in [2.75, 3.05) is 24.5 Å². The van der Waals surface area contributed by atoms with Crippen LogP contribution in [0.5, 0.6) is 17.2 Å². The number of aromatic hydroxyl groups is 1. The van der Waals surface area contributed by atoms with Crippen LogP contribution in [0.25, 0.3) is 6.08 Å². The lowest BCUT2D eigenvalue weighted by atomic mass is 9.50. The van der Waals surface area contributed by atoms with E-state index in [1.165, 1.54) is 50.6 Å². The number of amides is 4. The molecule has 8 rings (SSSR count). The van der Waals surface area contributed by atoms with Crippen LogP contribution < -0.4 is 19.8 Å². The Labute approximate surface area is 354 Å². The van der Waals surface area contributed by atoms with Gasteiger partial charge in [-0.2, -0.15) is 18.2 Å². The zero-order valence-electron chi connectivity index (χ0n) is 31.9. The Morgan fingerprint density at radius 3 is 2.26 bits per heavy atom. The van der Waals surface area contributed by atoms with E-state index in [-0.39, 0.29) is 41.3 Å². The molecule has 3 heterocycles. The van der Waals surface area contributed by atoms with E-state index in [2.05, 4.69) is 10.4 Å². The topological polar surface area (TPSA) is 176 Å². The average Bonchev–Trinajstić information content (AvgIpc) is 3.61. The number of nitrogens with zero attached hydrogens (tertiary/aromatic N) is 3. The number of anilines is 2. The second-order valence-corrected chi connectivity index (χ2v) is 15.8. The van der Waals surface area contributed by atoms with Crippen molar-refractivity contribution in [3.63, 3.8) is 0 Å². The lowest BCUT2D eigenvalue weighted by Crippen LogP contribution is -2.54. The fraction of sp³-hybridized carbons (Fsp3) is 0.256. The van der Waals surface area contributed by atoms with Gasteiger partial charge in [0.2, 0.25) is 17.6 Å². The molecule has 18 heteroatoms. The molecular formula is C43H33Cl2F3N4O9. The Morgan fingerprint density at radius 2 is 1.64 bits per heavy atom. The van der Waals surface area contributed by atoms with E-state index in [0.29, 0.717) is 39.0 Å². The zero-order valence-corrected chi connectivity index (χ0v) is 33.5. The molecule has 6 atom stereocenters. The number of carbonyl (C=O) groups is 5. The summed E-state index contributed by atoms with van der Waals surface area (Å²) in [5.41, 5.74) is 0.875. The van der Waals surface area contributed by atoms with Crippen molar-refractivity contribution >= 4 is 70.4 Å². The molecule has 0 spiro atoms. The minimum absolute atomic E-state index is 0.0535. The molecule has 2 saturated heterocycles. The number of phenols is 1. The number of nitrogens with one attached hydrogen (secondary N) is 1. The number of ether oxygens (including phenoxy) is 2. The Kier molecular flexibility index (Phi) is 10.3. The predicted octanol–water partition coefficient (Wildman–Crippen LogP) is 7.56. The number of methoxy groups -OCH3 is 2. The smallest absolute Gasteiger partial charge is 0.417 e. The summed E-state index contributed by atoms with van der Waals surface area (Å²) in [4.78, 5) is 75.6. The van der Waals surface area contributed by atoms with Crippen molar-refractivity contribution in [3.05, 3.63) is 123 Å². The molecule has 4 aliphatic rings. The standard InChI is InChI=1S/C43H33Cl2F3N4O9/c1-60-32-14-20(15-33(61-2)35(32)53)6-13-29-26-11-12-27-34(39(56)51(37(27)54)25-5-3-4-21(16-25)40(57)58)28(26)18-30-38(55)52(41(59)42(29,30)22-7-9-24(44)10-8-22)50-36-31(45)17-23(19-49-36)43(46,47)48/h3-11,13-17,19,27-30,34,53H,12,18H2,1-2H3,(H,49,50)(H,57,58)/t27-,28+,29-,30-,34-,42-/m0/s1. The first-order valence-corrected chi connectivity index (χ1v) is 19.4. The first-order chi connectivity index (χ1) is 29.0. The highest BCUT2D eigenvalue weighted by Gasteiger charge is 2.69. The lowest BCUT2D eigenvalue weighted by Gasteiger charge is -2.49. The molecule has 1 aromatic heterocycles. The number of allylic oxidation sites excluding steroid dienone is 3. The number of rotatable bonds is 9. The Bertz CT molecular complexity index is 2580. The lowest BCUT2D eigenvalue weighted by molar-refractivity contribution is -0.139. The van der Waals surface area contributed by atoms with Gasteiger partial charge in [-0.25, -0.2) is 9.78 Å². The van der Waals surface area contributed by atoms with Crippen LogP contribution in [0.2, 0.25) is 10.0 Å². The van der Waals surface area contributed by atoms with Gasteiger partial charge < -0.3 is 19.7 Å². The predicted molar refractivity (Wildman–Crippen MR) is 214 cm³/mol. The second kappa shape index (κ2) is 15.3. The highest BCUT2D eigenvalue weighted by molar-refractivity contribution is 6.33. The van der Waals surface area contributed by atoms with Crippen LogP contribution in [0.1, 0.15) is 39.9 Å². The van der Waals surface area contributed by atoms with Crippen LogP contribution in [0.15, 0.2) is 90.7 Å². The molecule has 0 bridgehead atoms. The van der Waals surface area contributed by atoms with Gasteiger partial charge in [0.1, 0.15) is 0 Å². The van der Waals surface area contributed by atoms with Crippen LogP contribution in [-0.2, 0) is 30.8 Å². The quantitative estimate of drug-likeness (QED) is 0.112. The van der Waals surface area contributed by atoms with Crippen LogP contribution in [0.4, 0.5) is 24.7 Å². The largest absolute Gasteiger partial charge is 0.502 e. The Hall–Kier alpha value is -6.39. The molecule has 1 saturated carbocycles. The number of fused-ring (bicyclic) bond motifs is 4. The van der Waals surface area contributed by atoms with Crippen molar-refractivity contribution in [2.45, 2.75) is 24.4 Å². The van der Waals surface area contributed by atoms with Gasteiger partial charge >= 0.3 is 12.1 Å². The molecule has 0 unspecified atom stereocenters. The van der Waals surface area contributed by atoms with Gasteiger partial charge in [0.25, 0.3) is 11.8 Å². The summed E-state index contributed by atoms with van der Waals surface area (Å²) in [6, 6.07) is 15.3. The molecule has 61 heavy (non-hydrogen) atoms. The minimum atomic E-state index is -4.79. The second-order valence-electron chi connectivity index (χ2n) is 15.0. The van der Waals surface area contributed by atoms with E-state index in [0.717, 1.165) is 4.90 Å². The summed E-state index contributed by atoms with van der Waals surface area (Å²) < 4.78 is 51.4. The number of benzene rings is 3. The third-order valence-electron chi connectivity index (χ3n) is 12.0. The third kappa shape index (κ3) is 6.64. The van der Waals surface area contributed by atoms with Crippen molar-refractivity contribution < 1.29 is 56.8 Å². The molecule has 13 nitrogen and oxygen atoms in total. The van der Waals surface area contributed by atoms with Gasteiger partial charge in [-0.3, -0.25) is 29.5 Å². The molecular weight excluding hydrogens is 844 g/mol. The number of carboxylic acid groups (broad SMARTS) is 1. The number of pyridine rings is 1. The van der Waals surface area contributed by atoms with Crippen molar-refractivity contribution in [2.24, 2.45) is 29.6 Å².